The number of imidazole rings is 1. The summed E-state index contributed by atoms with van der Waals surface area (Å²) >= 11 is 0. The molecule has 2 N–H and O–H groups in total. The molecular weight excluding hydrogens is 256 g/mol. The largest absolute Gasteiger partial charge is 0.450 e. The smallest absolute Gasteiger partial charge is 0.409 e. The number of hydrogen-bond acceptors (Lipinski definition) is 4. The van der Waals surface area contributed by atoms with Crippen molar-refractivity contribution < 1.29 is 9.53 Å². The number of nitrogens with zero attached hydrogens (tertiary/aromatic N) is 2. The van der Waals surface area contributed by atoms with Gasteiger partial charge in [-0.05, 0) is 32.7 Å². The topological polar surface area (TPSA) is 70.2 Å². The Hall–Kier alpha value is -1.56. The summed E-state index contributed by atoms with van der Waals surface area (Å²) in [6, 6.07) is 0.511. The van der Waals surface area contributed by atoms with E-state index in [0.717, 1.165) is 51.1 Å². The Balaban J connectivity index is 1.56. The van der Waals surface area contributed by atoms with Gasteiger partial charge in [-0.3, -0.25) is 0 Å². The van der Waals surface area contributed by atoms with Crippen molar-refractivity contribution >= 4 is 6.09 Å². The Bertz CT molecular complexity index is 386. The molecule has 1 aromatic heterocycles. The lowest BCUT2D eigenvalue weighted by atomic mass is 10.1. The van der Waals surface area contributed by atoms with Crippen molar-refractivity contribution in [3.8, 4) is 0 Å². The highest BCUT2D eigenvalue weighted by Gasteiger charge is 2.22. The second kappa shape index (κ2) is 7.89. The summed E-state index contributed by atoms with van der Waals surface area (Å²) in [7, 11) is 0. The Morgan fingerprint density at radius 1 is 1.55 bits per heavy atom. The van der Waals surface area contributed by atoms with Crippen LogP contribution in [0.1, 0.15) is 32.0 Å². The van der Waals surface area contributed by atoms with Gasteiger partial charge < -0.3 is 19.9 Å². The number of ether oxygens (including phenoxy) is 1. The first-order chi connectivity index (χ1) is 9.79. The SMILES string of the molecule is CCOC(=O)N1CCC(NCCCc2ncc[nH]2)CC1. The number of nitrogens with one attached hydrogen (secondary N) is 2. The summed E-state index contributed by atoms with van der Waals surface area (Å²) in [4.78, 5) is 20.7. The fourth-order valence-electron chi connectivity index (χ4n) is 2.48. The van der Waals surface area contributed by atoms with Crippen molar-refractivity contribution in [3.63, 3.8) is 0 Å². The van der Waals surface area contributed by atoms with Crippen LogP contribution in [0.25, 0.3) is 0 Å². The number of aryl methyl sites for hydroxylation is 1. The predicted molar refractivity (Wildman–Crippen MR) is 76.5 cm³/mol. The molecule has 112 valence electrons. The maximum atomic E-state index is 11.6. The standard InChI is InChI=1S/C14H24N4O2/c1-2-20-14(19)18-10-5-12(6-11-18)15-7-3-4-13-16-8-9-17-13/h8-9,12,15H,2-7,10-11H2,1H3,(H,16,17). The number of H-pyrrole nitrogens is 1. The van der Waals surface area contributed by atoms with Crippen LogP contribution in [0.4, 0.5) is 4.79 Å². The van der Waals surface area contributed by atoms with Crippen LogP contribution >= 0.6 is 0 Å². The van der Waals surface area contributed by atoms with E-state index in [1.807, 2.05) is 13.1 Å². The number of aromatic nitrogens is 2. The van der Waals surface area contributed by atoms with E-state index in [1.54, 1.807) is 11.1 Å². The average molecular weight is 280 g/mol. The van der Waals surface area contributed by atoms with Gasteiger partial charge in [-0.2, -0.15) is 0 Å². The summed E-state index contributed by atoms with van der Waals surface area (Å²) in [6.45, 7) is 4.85. The number of carbonyl (C=O) groups is 1. The van der Waals surface area contributed by atoms with E-state index in [0.29, 0.717) is 12.6 Å². The zero-order valence-corrected chi connectivity index (χ0v) is 12.1. The minimum Gasteiger partial charge on any atom is -0.450 e. The van der Waals surface area contributed by atoms with Crippen LogP contribution < -0.4 is 5.32 Å². The van der Waals surface area contributed by atoms with E-state index >= 15 is 0 Å². The summed E-state index contributed by atoms with van der Waals surface area (Å²) < 4.78 is 5.01. The molecule has 0 unspecified atom stereocenters. The van der Waals surface area contributed by atoms with Gasteiger partial charge in [0, 0.05) is 37.9 Å². The quantitative estimate of drug-likeness (QED) is 0.776. The first kappa shape index (κ1) is 14.8. The summed E-state index contributed by atoms with van der Waals surface area (Å²) in [5, 5.41) is 3.56. The monoisotopic (exact) mass is 280 g/mol. The highest BCUT2D eigenvalue weighted by atomic mass is 16.6. The third-order valence-corrected chi connectivity index (χ3v) is 3.60. The highest BCUT2D eigenvalue weighted by Crippen LogP contribution is 2.11. The first-order valence-electron chi connectivity index (χ1n) is 7.43. The van der Waals surface area contributed by atoms with E-state index in [9.17, 15) is 4.79 Å². The van der Waals surface area contributed by atoms with Gasteiger partial charge in [-0.25, -0.2) is 9.78 Å². The fourth-order valence-corrected chi connectivity index (χ4v) is 2.48. The first-order valence-corrected chi connectivity index (χ1v) is 7.43. The molecule has 0 aliphatic carbocycles. The Kier molecular flexibility index (Phi) is 5.86. The number of likely N-dealkylation sites (tertiary alicyclic amines) is 1. The molecule has 6 heteroatoms. The average Bonchev–Trinajstić information content (AvgIpc) is 2.98. The van der Waals surface area contributed by atoms with Crippen LogP contribution in [-0.4, -0.2) is 53.2 Å². The van der Waals surface area contributed by atoms with Gasteiger partial charge in [0.05, 0.1) is 6.61 Å². The Morgan fingerprint density at radius 3 is 3.00 bits per heavy atom. The van der Waals surface area contributed by atoms with Gasteiger partial charge >= 0.3 is 6.09 Å². The third-order valence-electron chi connectivity index (χ3n) is 3.60. The van der Waals surface area contributed by atoms with Gasteiger partial charge in [0.25, 0.3) is 0 Å². The number of aromatic amines is 1. The van der Waals surface area contributed by atoms with Crippen LogP contribution in [-0.2, 0) is 11.2 Å². The zero-order chi connectivity index (χ0) is 14.2. The van der Waals surface area contributed by atoms with Crippen LogP contribution in [0, 0.1) is 0 Å². The minimum atomic E-state index is -0.177. The second-order valence-corrected chi connectivity index (χ2v) is 5.05. The van der Waals surface area contributed by atoms with Crippen molar-refractivity contribution in [2.75, 3.05) is 26.2 Å². The highest BCUT2D eigenvalue weighted by molar-refractivity contribution is 5.67. The summed E-state index contributed by atoms with van der Waals surface area (Å²) in [5.74, 6) is 1.05. The number of rotatable bonds is 6. The minimum absolute atomic E-state index is 0.177. The fraction of sp³-hybridized carbons (Fsp3) is 0.714. The van der Waals surface area contributed by atoms with Crippen molar-refractivity contribution in [2.24, 2.45) is 0 Å². The molecule has 0 radical (unpaired) electrons. The molecular formula is C14H24N4O2. The summed E-state index contributed by atoms with van der Waals surface area (Å²) in [5.41, 5.74) is 0. The molecule has 1 aliphatic rings. The lowest BCUT2D eigenvalue weighted by Gasteiger charge is -2.31. The molecule has 6 nitrogen and oxygen atoms in total. The van der Waals surface area contributed by atoms with Crippen molar-refractivity contribution in [1.82, 2.24) is 20.2 Å². The summed E-state index contributed by atoms with van der Waals surface area (Å²) in [6.07, 6.45) is 7.51. The number of hydrogen-bond donors (Lipinski definition) is 2. The zero-order valence-electron chi connectivity index (χ0n) is 12.1. The van der Waals surface area contributed by atoms with Gasteiger partial charge in [-0.15, -0.1) is 0 Å². The molecule has 0 aromatic carbocycles. The number of piperidine rings is 1. The second-order valence-electron chi connectivity index (χ2n) is 5.05. The van der Waals surface area contributed by atoms with Gasteiger partial charge in [0.2, 0.25) is 0 Å². The van der Waals surface area contributed by atoms with Crippen molar-refractivity contribution in [2.45, 2.75) is 38.6 Å². The Labute approximate surface area is 119 Å². The van der Waals surface area contributed by atoms with Crippen molar-refractivity contribution in [3.05, 3.63) is 18.2 Å². The molecule has 1 amide bonds. The molecule has 0 saturated carbocycles. The normalized spacial score (nSPS) is 16.4. The number of amides is 1. The molecule has 20 heavy (non-hydrogen) atoms. The maximum Gasteiger partial charge on any atom is 0.409 e. The van der Waals surface area contributed by atoms with Crippen molar-refractivity contribution in [1.29, 1.82) is 0 Å². The van der Waals surface area contributed by atoms with Crippen LogP contribution in [0.5, 0.6) is 0 Å². The molecule has 0 spiro atoms. The molecule has 2 rings (SSSR count). The van der Waals surface area contributed by atoms with Crippen LogP contribution in [0.3, 0.4) is 0 Å². The molecule has 0 atom stereocenters. The van der Waals surface area contributed by atoms with Gasteiger partial charge in [0.15, 0.2) is 0 Å². The molecule has 1 aromatic rings. The van der Waals surface area contributed by atoms with E-state index < -0.39 is 0 Å². The van der Waals surface area contributed by atoms with Crippen LogP contribution in [0.15, 0.2) is 12.4 Å². The van der Waals surface area contributed by atoms with Gasteiger partial charge in [0.1, 0.15) is 5.82 Å². The molecule has 2 heterocycles. The lowest BCUT2D eigenvalue weighted by molar-refractivity contribution is 0.0951. The molecule has 1 saturated heterocycles. The Morgan fingerprint density at radius 2 is 2.35 bits per heavy atom. The molecule has 1 aliphatic heterocycles. The lowest BCUT2D eigenvalue weighted by Crippen LogP contribution is -2.45. The molecule has 0 bridgehead atoms. The van der Waals surface area contributed by atoms with Crippen LogP contribution in [0.2, 0.25) is 0 Å². The van der Waals surface area contributed by atoms with E-state index in [1.165, 1.54) is 0 Å². The van der Waals surface area contributed by atoms with E-state index in [2.05, 4.69) is 15.3 Å². The third kappa shape index (κ3) is 4.52. The number of carbonyl (C=O) groups excluding carboxylic acids is 1. The predicted octanol–water partition coefficient (Wildman–Crippen LogP) is 1.55. The van der Waals surface area contributed by atoms with Gasteiger partial charge in [-0.1, -0.05) is 0 Å². The van der Waals surface area contributed by atoms with E-state index in [4.69, 9.17) is 4.74 Å². The molecule has 1 fully saturated rings. The van der Waals surface area contributed by atoms with E-state index in [-0.39, 0.29) is 6.09 Å². The maximum absolute atomic E-state index is 11.6.